The average molecular weight is 230 g/mol. The standard InChI is InChI=1S/C10H12ClNO3/c1-14-6-7-15-9-4-2-8(3-5-9)10(11)12-13/h2-5,13H,6-7H2,1H3. The Hall–Kier alpha value is -1.26. The fraction of sp³-hybridized carbons (Fsp3) is 0.300. The fourth-order valence-corrected chi connectivity index (χ4v) is 1.12. The molecule has 1 aromatic rings. The Balaban J connectivity index is 2.56. The van der Waals surface area contributed by atoms with Crippen LogP contribution in [-0.2, 0) is 4.74 Å². The number of oxime groups is 1. The Kier molecular flexibility index (Phi) is 4.93. The number of halogens is 1. The molecule has 0 aromatic heterocycles. The second kappa shape index (κ2) is 6.27. The van der Waals surface area contributed by atoms with Crippen LogP contribution in [0, 0.1) is 0 Å². The molecule has 4 nitrogen and oxygen atoms in total. The second-order valence-corrected chi connectivity index (χ2v) is 3.11. The van der Waals surface area contributed by atoms with E-state index >= 15 is 0 Å². The number of hydrogen-bond acceptors (Lipinski definition) is 4. The molecule has 0 spiro atoms. The molecule has 0 saturated heterocycles. The zero-order valence-electron chi connectivity index (χ0n) is 8.31. The van der Waals surface area contributed by atoms with Gasteiger partial charge in [-0.3, -0.25) is 0 Å². The molecule has 0 aliphatic heterocycles. The number of methoxy groups -OCH3 is 1. The maximum Gasteiger partial charge on any atom is 0.175 e. The van der Waals surface area contributed by atoms with Gasteiger partial charge in [0, 0.05) is 12.7 Å². The molecule has 15 heavy (non-hydrogen) atoms. The minimum Gasteiger partial charge on any atom is -0.491 e. The molecule has 0 radical (unpaired) electrons. The largest absolute Gasteiger partial charge is 0.491 e. The predicted octanol–water partition coefficient (Wildman–Crippen LogP) is 2.09. The van der Waals surface area contributed by atoms with E-state index in [9.17, 15) is 0 Å². The Morgan fingerprint density at radius 2 is 2.00 bits per heavy atom. The summed E-state index contributed by atoms with van der Waals surface area (Å²) in [6, 6.07) is 6.92. The first-order valence-corrected chi connectivity index (χ1v) is 4.75. The van der Waals surface area contributed by atoms with Gasteiger partial charge in [0.2, 0.25) is 0 Å². The van der Waals surface area contributed by atoms with Crippen LogP contribution in [0.5, 0.6) is 5.75 Å². The minimum atomic E-state index is 0.0541. The highest BCUT2D eigenvalue weighted by molar-refractivity contribution is 6.69. The molecule has 1 N–H and O–H groups in total. The summed E-state index contributed by atoms with van der Waals surface area (Å²) in [6.45, 7) is 1.04. The monoisotopic (exact) mass is 229 g/mol. The normalized spacial score (nSPS) is 11.5. The summed E-state index contributed by atoms with van der Waals surface area (Å²) >= 11 is 5.61. The van der Waals surface area contributed by atoms with Crippen molar-refractivity contribution in [3.05, 3.63) is 29.8 Å². The minimum absolute atomic E-state index is 0.0541. The highest BCUT2D eigenvalue weighted by Crippen LogP contribution is 2.13. The molecular formula is C10H12ClNO3. The van der Waals surface area contributed by atoms with E-state index in [0.717, 1.165) is 5.75 Å². The maximum atomic E-state index is 8.44. The van der Waals surface area contributed by atoms with Crippen molar-refractivity contribution >= 4 is 16.8 Å². The first-order chi connectivity index (χ1) is 7.27. The molecule has 0 heterocycles. The Morgan fingerprint density at radius 3 is 2.53 bits per heavy atom. The summed E-state index contributed by atoms with van der Waals surface area (Å²) in [5.74, 6) is 0.721. The number of rotatable bonds is 5. The molecule has 1 aromatic carbocycles. The van der Waals surface area contributed by atoms with Crippen molar-refractivity contribution in [3.8, 4) is 5.75 Å². The average Bonchev–Trinajstić information content (AvgIpc) is 2.29. The van der Waals surface area contributed by atoms with Crippen LogP contribution in [0.2, 0.25) is 0 Å². The van der Waals surface area contributed by atoms with E-state index < -0.39 is 0 Å². The summed E-state index contributed by atoms with van der Waals surface area (Å²) < 4.78 is 10.2. The Labute approximate surface area is 93.1 Å². The number of nitrogens with zero attached hydrogens (tertiary/aromatic N) is 1. The zero-order chi connectivity index (χ0) is 11.1. The third-order valence-electron chi connectivity index (χ3n) is 1.74. The zero-order valence-corrected chi connectivity index (χ0v) is 9.07. The molecule has 0 fully saturated rings. The highest BCUT2D eigenvalue weighted by Gasteiger charge is 2.00. The first-order valence-electron chi connectivity index (χ1n) is 4.37. The van der Waals surface area contributed by atoms with Gasteiger partial charge in [0.05, 0.1) is 6.61 Å². The van der Waals surface area contributed by atoms with E-state index in [4.69, 9.17) is 26.3 Å². The lowest BCUT2D eigenvalue weighted by atomic mass is 10.2. The molecule has 0 aliphatic carbocycles. The number of ether oxygens (including phenoxy) is 2. The van der Waals surface area contributed by atoms with E-state index in [1.165, 1.54) is 0 Å². The van der Waals surface area contributed by atoms with Crippen LogP contribution in [0.15, 0.2) is 29.4 Å². The van der Waals surface area contributed by atoms with Crippen LogP contribution in [0.25, 0.3) is 0 Å². The first kappa shape index (κ1) is 11.8. The summed E-state index contributed by atoms with van der Waals surface area (Å²) in [6.07, 6.45) is 0. The molecular weight excluding hydrogens is 218 g/mol. The van der Waals surface area contributed by atoms with E-state index in [-0.39, 0.29) is 5.17 Å². The number of hydrogen-bond donors (Lipinski definition) is 1. The van der Waals surface area contributed by atoms with Gasteiger partial charge >= 0.3 is 0 Å². The van der Waals surface area contributed by atoms with Crippen molar-refractivity contribution in [1.29, 1.82) is 0 Å². The van der Waals surface area contributed by atoms with Crippen molar-refractivity contribution in [2.45, 2.75) is 0 Å². The lowest BCUT2D eigenvalue weighted by Gasteiger charge is -2.05. The Morgan fingerprint density at radius 1 is 1.33 bits per heavy atom. The smallest absolute Gasteiger partial charge is 0.175 e. The van der Waals surface area contributed by atoms with Gasteiger partial charge in [0.15, 0.2) is 5.17 Å². The van der Waals surface area contributed by atoms with Gasteiger partial charge in [-0.2, -0.15) is 0 Å². The molecule has 5 heteroatoms. The van der Waals surface area contributed by atoms with E-state index in [1.807, 2.05) is 0 Å². The van der Waals surface area contributed by atoms with Gasteiger partial charge < -0.3 is 14.7 Å². The van der Waals surface area contributed by atoms with E-state index in [2.05, 4.69) is 5.16 Å². The Bertz CT molecular complexity index is 324. The molecule has 82 valence electrons. The van der Waals surface area contributed by atoms with Crippen LogP contribution in [0.4, 0.5) is 0 Å². The summed E-state index contributed by atoms with van der Waals surface area (Å²) in [5.41, 5.74) is 0.637. The van der Waals surface area contributed by atoms with Crippen LogP contribution in [-0.4, -0.2) is 30.7 Å². The third kappa shape index (κ3) is 3.77. The summed E-state index contributed by atoms with van der Waals surface area (Å²) in [7, 11) is 1.62. The number of benzene rings is 1. The summed E-state index contributed by atoms with van der Waals surface area (Å²) in [4.78, 5) is 0. The highest BCUT2D eigenvalue weighted by atomic mass is 35.5. The maximum absolute atomic E-state index is 8.44. The van der Waals surface area contributed by atoms with Gasteiger partial charge in [-0.15, -0.1) is 0 Å². The quantitative estimate of drug-likeness (QED) is 0.364. The van der Waals surface area contributed by atoms with E-state index in [1.54, 1.807) is 31.4 Å². The third-order valence-corrected chi connectivity index (χ3v) is 2.03. The molecule has 1 rings (SSSR count). The van der Waals surface area contributed by atoms with Gasteiger partial charge in [0.1, 0.15) is 12.4 Å². The van der Waals surface area contributed by atoms with Gasteiger partial charge in [0.25, 0.3) is 0 Å². The van der Waals surface area contributed by atoms with Crippen molar-refractivity contribution in [1.82, 2.24) is 0 Å². The molecule has 0 unspecified atom stereocenters. The molecule has 0 atom stereocenters. The van der Waals surface area contributed by atoms with Gasteiger partial charge in [-0.1, -0.05) is 16.8 Å². The van der Waals surface area contributed by atoms with Crippen molar-refractivity contribution in [2.75, 3.05) is 20.3 Å². The van der Waals surface area contributed by atoms with Crippen molar-refractivity contribution in [2.24, 2.45) is 5.16 Å². The molecule has 0 saturated carbocycles. The van der Waals surface area contributed by atoms with Crippen LogP contribution in [0.1, 0.15) is 5.56 Å². The SMILES string of the molecule is COCCOc1ccc(C(Cl)=NO)cc1. The van der Waals surface area contributed by atoms with Crippen molar-refractivity contribution < 1.29 is 14.7 Å². The van der Waals surface area contributed by atoms with E-state index in [0.29, 0.717) is 18.8 Å². The molecule has 0 bridgehead atoms. The second-order valence-electron chi connectivity index (χ2n) is 2.76. The molecule has 0 amide bonds. The molecule has 0 aliphatic rings. The van der Waals surface area contributed by atoms with Crippen LogP contribution in [0.3, 0.4) is 0 Å². The topological polar surface area (TPSA) is 51.0 Å². The fourth-order valence-electron chi connectivity index (χ4n) is 0.989. The predicted molar refractivity (Wildman–Crippen MR) is 58.0 cm³/mol. The lowest BCUT2D eigenvalue weighted by Crippen LogP contribution is -2.04. The van der Waals surface area contributed by atoms with Crippen LogP contribution >= 0.6 is 11.6 Å². The lowest BCUT2D eigenvalue weighted by molar-refractivity contribution is 0.146. The van der Waals surface area contributed by atoms with Crippen molar-refractivity contribution in [3.63, 3.8) is 0 Å². The van der Waals surface area contributed by atoms with Crippen LogP contribution < -0.4 is 4.74 Å². The summed E-state index contributed by atoms with van der Waals surface area (Å²) in [5, 5.41) is 11.4. The van der Waals surface area contributed by atoms with Gasteiger partial charge in [-0.25, -0.2) is 0 Å². The van der Waals surface area contributed by atoms with Gasteiger partial charge in [-0.05, 0) is 24.3 Å².